The Kier molecular flexibility index (Phi) is 4.95. The summed E-state index contributed by atoms with van der Waals surface area (Å²) < 4.78 is 5.93. The molecule has 0 saturated carbocycles. The highest BCUT2D eigenvalue weighted by molar-refractivity contribution is 6.30. The predicted molar refractivity (Wildman–Crippen MR) is 97.0 cm³/mol. The second-order valence-electron chi connectivity index (χ2n) is 6.12. The van der Waals surface area contributed by atoms with Crippen LogP contribution in [-0.4, -0.2) is 19.6 Å². The molecule has 2 aromatic rings. The van der Waals surface area contributed by atoms with Gasteiger partial charge in [0.05, 0.1) is 12.3 Å². The number of hydrogen-bond acceptors (Lipinski definition) is 3. The van der Waals surface area contributed by atoms with Gasteiger partial charge in [0.1, 0.15) is 5.75 Å². The van der Waals surface area contributed by atoms with Crippen molar-refractivity contribution in [2.45, 2.75) is 25.8 Å². The summed E-state index contributed by atoms with van der Waals surface area (Å²) >= 11 is 6.16. The van der Waals surface area contributed by atoms with Gasteiger partial charge in [-0.05, 0) is 60.7 Å². The molecule has 24 heavy (non-hydrogen) atoms. The van der Waals surface area contributed by atoms with E-state index in [1.807, 2.05) is 25.2 Å². The fourth-order valence-corrected chi connectivity index (χ4v) is 3.21. The summed E-state index contributed by atoms with van der Waals surface area (Å²) in [5.74, 6) is 0.340. The zero-order chi connectivity index (χ0) is 17.1. The first kappa shape index (κ1) is 16.7. The van der Waals surface area contributed by atoms with E-state index in [1.165, 1.54) is 11.1 Å². The van der Waals surface area contributed by atoms with E-state index < -0.39 is 5.91 Å². The molecule has 1 aliphatic heterocycles. The van der Waals surface area contributed by atoms with E-state index in [4.69, 9.17) is 22.1 Å². The lowest BCUT2D eigenvalue weighted by Crippen LogP contribution is -2.19. The molecule has 0 atom stereocenters. The Morgan fingerprint density at radius 1 is 1.17 bits per heavy atom. The summed E-state index contributed by atoms with van der Waals surface area (Å²) in [5.41, 5.74) is 9.28. The molecule has 0 radical (unpaired) electrons. The Labute approximate surface area is 147 Å². The van der Waals surface area contributed by atoms with E-state index in [0.717, 1.165) is 35.7 Å². The van der Waals surface area contributed by atoms with E-state index >= 15 is 0 Å². The summed E-state index contributed by atoms with van der Waals surface area (Å²) in [6, 6.07) is 11.4. The SMILES string of the molecule is CN1Cc2ccc(Cl)cc2CCCCOc2ccc(C(N)=O)cc21. The molecule has 0 saturated heterocycles. The Morgan fingerprint density at radius 3 is 2.79 bits per heavy atom. The van der Waals surface area contributed by atoms with Crippen LogP contribution in [0.15, 0.2) is 36.4 Å². The van der Waals surface area contributed by atoms with Crippen molar-refractivity contribution >= 4 is 23.2 Å². The Balaban J connectivity index is 2.01. The third-order valence-corrected chi connectivity index (χ3v) is 4.56. The Hall–Kier alpha value is -2.20. The van der Waals surface area contributed by atoms with E-state index in [2.05, 4.69) is 11.0 Å². The van der Waals surface area contributed by atoms with Gasteiger partial charge in [-0.3, -0.25) is 4.79 Å². The molecule has 0 unspecified atom stereocenters. The molecule has 4 nitrogen and oxygen atoms in total. The lowest BCUT2D eigenvalue weighted by atomic mass is 10.0. The smallest absolute Gasteiger partial charge is 0.248 e. The third kappa shape index (κ3) is 3.65. The van der Waals surface area contributed by atoms with E-state index in [1.54, 1.807) is 12.1 Å². The van der Waals surface area contributed by atoms with Crippen molar-refractivity contribution in [3.63, 3.8) is 0 Å². The number of ether oxygens (including phenoxy) is 1. The summed E-state index contributed by atoms with van der Waals surface area (Å²) in [5, 5.41) is 0.763. The number of fused-ring (bicyclic) bond motifs is 2. The van der Waals surface area contributed by atoms with Crippen molar-refractivity contribution in [3.8, 4) is 5.75 Å². The number of primary amides is 1. The van der Waals surface area contributed by atoms with Gasteiger partial charge in [0, 0.05) is 24.2 Å². The molecule has 5 heteroatoms. The first-order chi connectivity index (χ1) is 11.5. The molecule has 0 aromatic heterocycles. The molecule has 2 aromatic carbocycles. The van der Waals surface area contributed by atoms with Crippen LogP contribution < -0.4 is 15.4 Å². The molecule has 0 aliphatic carbocycles. The highest BCUT2D eigenvalue weighted by Crippen LogP contribution is 2.31. The maximum atomic E-state index is 11.5. The van der Waals surface area contributed by atoms with Gasteiger partial charge < -0.3 is 15.4 Å². The number of carbonyl (C=O) groups excluding carboxylic acids is 1. The van der Waals surface area contributed by atoms with Gasteiger partial charge in [-0.25, -0.2) is 0 Å². The van der Waals surface area contributed by atoms with Crippen LogP contribution in [0.1, 0.15) is 34.3 Å². The Morgan fingerprint density at radius 2 is 2.00 bits per heavy atom. The maximum Gasteiger partial charge on any atom is 0.248 e. The van der Waals surface area contributed by atoms with Gasteiger partial charge in [-0.1, -0.05) is 17.7 Å². The van der Waals surface area contributed by atoms with Crippen LogP contribution in [0.4, 0.5) is 5.69 Å². The number of benzene rings is 2. The summed E-state index contributed by atoms with van der Waals surface area (Å²) in [6.07, 6.45) is 2.99. The minimum absolute atomic E-state index is 0.437. The lowest BCUT2D eigenvalue weighted by molar-refractivity contribution is 0.100. The van der Waals surface area contributed by atoms with Gasteiger partial charge in [0.2, 0.25) is 5.91 Å². The molecule has 3 rings (SSSR count). The third-order valence-electron chi connectivity index (χ3n) is 4.33. The largest absolute Gasteiger partial charge is 0.491 e. The first-order valence-electron chi connectivity index (χ1n) is 8.09. The second kappa shape index (κ2) is 7.14. The number of aryl methyl sites for hydroxylation is 1. The number of rotatable bonds is 1. The molecule has 1 amide bonds. The molecule has 1 aliphatic rings. The van der Waals surface area contributed by atoms with Crippen molar-refractivity contribution in [2.24, 2.45) is 5.73 Å². The van der Waals surface area contributed by atoms with Crippen LogP contribution in [0, 0.1) is 0 Å². The molecule has 1 heterocycles. The zero-order valence-electron chi connectivity index (χ0n) is 13.7. The topological polar surface area (TPSA) is 55.6 Å². The number of halogens is 1. The normalized spacial score (nSPS) is 14.8. The van der Waals surface area contributed by atoms with Crippen LogP contribution in [0.25, 0.3) is 0 Å². The fraction of sp³-hybridized carbons (Fsp3) is 0.316. The summed E-state index contributed by atoms with van der Waals surface area (Å²) in [4.78, 5) is 13.6. The second-order valence-corrected chi connectivity index (χ2v) is 6.56. The van der Waals surface area contributed by atoms with Crippen molar-refractivity contribution in [1.29, 1.82) is 0 Å². The molecule has 0 fully saturated rings. The fourth-order valence-electron chi connectivity index (χ4n) is 3.01. The highest BCUT2D eigenvalue weighted by atomic mass is 35.5. The zero-order valence-corrected chi connectivity index (χ0v) is 14.5. The average Bonchev–Trinajstić information content (AvgIpc) is 2.58. The maximum absolute atomic E-state index is 11.5. The van der Waals surface area contributed by atoms with Gasteiger partial charge in [-0.15, -0.1) is 0 Å². The quantitative estimate of drug-likeness (QED) is 0.856. The van der Waals surface area contributed by atoms with Crippen molar-refractivity contribution in [2.75, 3.05) is 18.6 Å². The van der Waals surface area contributed by atoms with Crippen LogP contribution >= 0.6 is 11.6 Å². The highest BCUT2D eigenvalue weighted by Gasteiger charge is 2.15. The van der Waals surface area contributed by atoms with Crippen LogP contribution in [0.5, 0.6) is 5.75 Å². The lowest BCUT2D eigenvalue weighted by Gasteiger charge is -2.23. The number of amides is 1. The monoisotopic (exact) mass is 344 g/mol. The van der Waals surface area contributed by atoms with E-state index in [0.29, 0.717) is 18.7 Å². The van der Waals surface area contributed by atoms with Crippen molar-refractivity contribution < 1.29 is 9.53 Å². The van der Waals surface area contributed by atoms with Crippen LogP contribution in [0.3, 0.4) is 0 Å². The molecule has 0 spiro atoms. The first-order valence-corrected chi connectivity index (χ1v) is 8.47. The van der Waals surface area contributed by atoms with Gasteiger partial charge in [0.25, 0.3) is 0 Å². The predicted octanol–water partition coefficient (Wildman–Crippen LogP) is 3.79. The van der Waals surface area contributed by atoms with E-state index in [-0.39, 0.29) is 0 Å². The number of carbonyl (C=O) groups is 1. The van der Waals surface area contributed by atoms with Gasteiger partial charge >= 0.3 is 0 Å². The summed E-state index contributed by atoms with van der Waals surface area (Å²) in [6.45, 7) is 1.36. The molecular weight excluding hydrogens is 324 g/mol. The number of hydrogen-bond donors (Lipinski definition) is 1. The van der Waals surface area contributed by atoms with Crippen molar-refractivity contribution in [1.82, 2.24) is 0 Å². The van der Waals surface area contributed by atoms with E-state index in [9.17, 15) is 4.79 Å². The summed E-state index contributed by atoms with van der Waals surface area (Å²) in [7, 11) is 1.99. The van der Waals surface area contributed by atoms with Crippen LogP contribution in [0.2, 0.25) is 5.02 Å². The average molecular weight is 345 g/mol. The van der Waals surface area contributed by atoms with Crippen LogP contribution in [-0.2, 0) is 13.0 Å². The number of nitrogens with zero attached hydrogens (tertiary/aromatic N) is 1. The standard InChI is InChI=1S/C19H21ClN2O2/c1-22-12-15-5-7-16(20)10-13(15)4-2-3-9-24-18-8-6-14(19(21)23)11-17(18)22/h5-8,10-11H,2-4,9,12H2,1H3,(H2,21,23). The molecule has 126 valence electrons. The molecular formula is C19H21ClN2O2. The van der Waals surface area contributed by atoms with Gasteiger partial charge in [-0.2, -0.15) is 0 Å². The minimum Gasteiger partial charge on any atom is -0.491 e. The van der Waals surface area contributed by atoms with Crippen molar-refractivity contribution in [3.05, 3.63) is 58.1 Å². The number of anilines is 1. The molecule has 0 bridgehead atoms. The minimum atomic E-state index is -0.437. The Bertz CT molecular complexity index is 761. The van der Waals surface area contributed by atoms with Gasteiger partial charge in [0.15, 0.2) is 0 Å². The number of nitrogens with two attached hydrogens (primary N) is 1. The molecule has 2 N–H and O–H groups in total.